The van der Waals surface area contributed by atoms with Crippen LogP contribution in [0.2, 0.25) is 0 Å². The van der Waals surface area contributed by atoms with Crippen molar-refractivity contribution in [3.8, 4) is 0 Å². The Kier molecular flexibility index (Phi) is 4.51. The molecule has 1 atom stereocenters. The average Bonchev–Trinajstić information content (AvgIpc) is 2.42. The lowest BCUT2D eigenvalue weighted by molar-refractivity contribution is -0.131. The van der Waals surface area contributed by atoms with Gasteiger partial charge in [-0.25, -0.2) is 0 Å². The molecule has 0 heterocycles. The van der Waals surface area contributed by atoms with Gasteiger partial charge in [0.25, 0.3) is 0 Å². The number of benzene rings is 2. The molecule has 2 rings (SSSR count). The summed E-state index contributed by atoms with van der Waals surface area (Å²) in [6.45, 7) is 5.90. The Hall–Kier alpha value is -1.32. The molecule has 0 spiro atoms. The predicted molar refractivity (Wildman–Crippen MR) is 86.0 cm³/mol. The highest BCUT2D eigenvalue weighted by Crippen LogP contribution is 2.30. The number of fused-ring (bicyclic) bond motifs is 1. The SMILES string of the molecule is CSC(=O)[C@H](OC(C)(C)C)c1ccc2ccccc2c1. The van der Waals surface area contributed by atoms with Gasteiger partial charge in [-0.05, 0) is 49.4 Å². The Morgan fingerprint density at radius 1 is 1.10 bits per heavy atom. The van der Waals surface area contributed by atoms with Crippen molar-refractivity contribution in [2.75, 3.05) is 6.26 Å². The lowest BCUT2D eigenvalue weighted by atomic mass is 10.0. The summed E-state index contributed by atoms with van der Waals surface area (Å²) in [7, 11) is 0. The van der Waals surface area contributed by atoms with E-state index in [0.717, 1.165) is 10.9 Å². The maximum atomic E-state index is 12.2. The van der Waals surface area contributed by atoms with E-state index in [1.807, 2.05) is 51.1 Å². The molecule has 0 saturated carbocycles. The van der Waals surface area contributed by atoms with E-state index in [1.165, 1.54) is 17.1 Å². The van der Waals surface area contributed by atoms with E-state index >= 15 is 0 Å². The first-order valence-electron chi connectivity index (χ1n) is 6.65. The molecule has 2 aromatic carbocycles. The molecule has 2 nitrogen and oxygen atoms in total. The summed E-state index contributed by atoms with van der Waals surface area (Å²) in [5, 5.41) is 2.33. The summed E-state index contributed by atoms with van der Waals surface area (Å²) >= 11 is 1.21. The van der Waals surface area contributed by atoms with Gasteiger partial charge in [-0.1, -0.05) is 48.2 Å². The zero-order valence-corrected chi connectivity index (χ0v) is 13.2. The first-order chi connectivity index (χ1) is 9.40. The third kappa shape index (κ3) is 3.62. The third-order valence-corrected chi connectivity index (χ3v) is 3.58. The Morgan fingerprint density at radius 3 is 2.35 bits per heavy atom. The second-order valence-electron chi connectivity index (χ2n) is 5.74. The zero-order valence-electron chi connectivity index (χ0n) is 12.3. The van der Waals surface area contributed by atoms with Crippen molar-refractivity contribution < 1.29 is 9.53 Å². The molecule has 0 N–H and O–H groups in total. The molecule has 0 fully saturated rings. The highest BCUT2D eigenvalue weighted by atomic mass is 32.2. The number of rotatable bonds is 3. The van der Waals surface area contributed by atoms with E-state index < -0.39 is 6.10 Å². The van der Waals surface area contributed by atoms with Crippen LogP contribution in [-0.2, 0) is 9.53 Å². The molecule has 0 bridgehead atoms. The number of carbonyl (C=O) groups is 1. The molecule has 106 valence electrons. The molecule has 0 unspecified atom stereocenters. The van der Waals surface area contributed by atoms with Crippen molar-refractivity contribution in [1.29, 1.82) is 0 Å². The summed E-state index contributed by atoms with van der Waals surface area (Å²) in [6.07, 6.45) is 1.28. The molecule has 3 heteroatoms. The van der Waals surface area contributed by atoms with Crippen LogP contribution in [0, 0.1) is 0 Å². The number of carbonyl (C=O) groups excluding carboxylic acids is 1. The normalized spacial score (nSPS) is 13.4. The van der Waals surface area contributed by atoms with Crippen LogP contribution in [0.1, 0.15) is 32.4 Å². The molecule has 0 aliphatic heterocycles. The van der Waals surface area contributed by atoms with Gasteiger partial charge in [-0.2, -0.15) is 0 Å². The van der Waals surface area contributed by atoms with E-state index in [1.54, 1.807) is 6.26 Å². The first-order valence-corrected chi connectivity index (χ1v) is 7.87. The lowest BCUT2D eigenvalue weighted by Crippen LogP contribution is -2.26. The molecule has 0 radical (unpaired) electrons. The van der Waals surface area contributed by atoms with Gasteiger partial charge in [-0.3, -0.25) is 4.79 Å². The topological polar surface area (TPSA) is 26.3 Å². The number of ether oxygens (including phenoxy) is 1. The van der Waals surface area contributed by atoms with E-state index in [4.69, 9.17) is 4.74 Å². The summed E-state index contributed by atoms with van der Waals surface area (Å²) in [6, 6.07) is 14.2. The van der Waals surface area contributed by atoms with Gasteiger partial charge in [0.15, 0.2) is 6.10 Å². The zero-order chi connectivity index (χ0) is 14.8. The molecule has 0 amide bonds. The fourth-order valence-electron chi connectivity index (χ4n) is 2.08. The number of hydrogen-bond donors (Lipinski definition) is 0. The van der Waals surface area contributed by atoms with Gasteiger partial charge in [-0.15, -0.1) is 0 Å². The minimum Gasteiger partial charge on any atom is -0.359 e. The molecular weight excluding hydrogens is 268 g/mol. The van der Waals surface area contributed by atoms with Crippen LogP contribution in [0.3, 0.4) is 0 Å². The third-order valence-electron chi connectivity index (χ3n) is 2.96. The second-order valence-corrected chi connectivity index (χ2v) is 6.55. The van der Waals surface area contributed by atoms with Crippen LogP contribution in [0.4, 0.5) is 0 Å². The summed E-state index contributed by atoms with van der Waals surface area (Å²) in [5.74, 6) is 0. The van der Waals surface area contributed by atoms with E-state index in [2.05, 4.69) is 12.1 Å². The average molecular weight is 288 g/mol. The van der Waals surface area contributed by atoms with E-state index in [0.29, 0.717) is 0 Å². The lowest BCUT2D eigenvalue weighted by Gasteiger charge is -2.26. The van der Waals surface area contributed by atoms with Crippen LogP contribution < -0.4 is 0 Å². The molecule has 20 heavy (non-hydrogen) atoms. The Balaban J connectivity index is 2.42. The monoisotopic (exact) mass is 288 g/mol. The molecule has 0 saturated heterocycles. The number of hydrogen-bond acceptors (Lipinski definition) is 3. The molecule has 2 aromatic rings. The Labute approximate surface area is 124 Å². The van der Waals surface area contributed by atoms with Gasteiger partial charge in [0.2, 0.25) is 5.12 Å². The van der Waals surface area contributed by atoms with Crippen LogP contribution in [0.25, 0.3) is 10.8 Å². The quantitative estimate of drug-likeness (QED) is 0.826. The molecular formula is C17H20O2S. The highest BCUT2D eigenvalue weighted by molar-refractivity contribution is 8.13. The van der Waals surface area contributed by atoms with E-state index in [9.17, 15) is 4.79 Å². The first kappa shape index (κ1) is 15.1. The van der Waals surface area contributed by atoms with Gasteiger partial charge in [0.1, 0.15) is 0 Å². The fourth-order valence-corrected chi connectivity index (χ4v) is 2.48. The van der Waals surface area contributed by atoms with Crippen molar-refractivity contribution in [1.82, 2.24) is 0 Å². The van der Waals surface area contributed by atoms with Crippen molar-refractivity contribution >= 4 is 27.6 Å². The van der Waals surface area contributed by atoms with Gasteiger partial charge in [0, 0.05) is 0 Å². The Bertz CT molecular complexity index is 614. The maximum absolute atomic E-state index is 12.2. The van der Waals surface area contributed by atoms with Crippen molar-refractivity contribution in [2.45, 2.75) is 32.5 Å². The van der Waals surface area contributed by atoms with Gasteiger partial charge >= 0.3 is 0 Å². The standard InChI is InChI=1S/C17H20O2S/c1-17(2,3)19-15(16(18)20-4)14-10-9-12-7-5-6-8-13(12)11-14/h5-11,15H,1-4H3/t15-/m1/s1. The molecule has 0 aliphatic rings. The molecule has 0 aliphatic carbocycles. The smallest absolute Gasteiger partial charge is 0.222 e. The maximum Gasteiger partial charge on any atom is 0.222 e. The summed E-state index contributed by atoms with van der Waals surface area (Å²) in [4.78, 5) is 12.2. The largest absolute Gasteiger partial charge is 0.359 e. The van der Waals surface area contributed by atoms with Crippen molar-refractivity contribution in [2.24, 2.45) is 0 Å². The minimum absolute atomic E-state index is 0.0372. The molecule has 0 aromatic heterocycles. The van der Waals surface area contributed by atoms with Crippen LogP contribution in [-0.4, -0.2) is 17.0 Å². The van der Waals surface area contributed by atoms with Gasteiger partial charge in [0.05, 0.1) is 5.60 Å². The second kappa shape index (κ2) is 5.98. The Morgan fingerprint density at radius 2 is 1.75 bits per heavy atom. The van der Waals surface area contributed by atoms with Crippen molar-refractivity contribution in [3.63, 3.8) is 0 Å². The highest BCUT2D eigenvalue weighted by Gasteiger charge is 2.26. The van der Waals surface area contributed by atoms with Crippen LogP contribution >= 0.6 is 11.8 Å². The van der Waals surface area contributed by atoms with Gasteiger partial charge < -0.3 is 4.74 Å². The van der Waals surface area contributed by atoms with Crippen LogP contribution in [0.15, 0.2) is 42.5 Å². The minimum atomic E-state index is -0.519. The summed E-state index contributed by atoms with van der Waals surface area (Å²) in [5.41, 5.74) is 0.555. The van der Waals surface area contributed by atoms with Crippen molar-refractivity contribution in [3.05, 3.63) is 48.0 Å². The summed E-state index contributed by atoms with van der Waals surface area (Å²) < 4.78 is 5.96. The number of thioether (sulfide) groups is 1. The van der Waals surface area contributed by atoms with Crippen LogP contribution in [0.5, 0.6) is 0 Å². The van der Waals surface area contributed by atoms with E-state index in [-0.39, 0.29) is 10.7 Å². The fraction of sp³-hybridized carbons (Fsp3) is 0.353. The predicted octanol–water partition coefficient (Wildman–Crippen LogP) is 4.59.